The number of ether oxygens (including phenoxy) is 2. The minimum absolute atomic E-state index is 0.296. The van der Waals surface area contributed by atoms with Gasteiger partial charge in [-0.25, -0.2) is 9.97 Å². The Balaban J connectivity index is 1.47. The molecule has 4 rings (SSSR count). The first kappa shape index (κ1) is 18.2. The second kappa shape index (κ2) is 7.83. The van der Waals surface area contributed by atoms with Crippen molar-refractivity contribution in [2.75, 3.05) is 24.9 Å². The van der Waals surface area contributed by atoms with Crippen LogP contribution in [0.15, 0.2) is 47.8 Å². The van der Waals surface area contributed by atoms with Crippen molar-refractivity contribution in [3.05, 3.63) is 53.5 Å². The first-order chi connectivity index (χ1) is 13.7. The molecule has 0 aliphatic rings. The van der Waals surface area contributed by atoms with Crippen LogP contribution in [0.2, 0.25) is 0 Å². The summed E-state index contributed by atoms with van der Waals surface area (Å²) in [5.41, 5.74) is 1.97. The van der Waals surface area contributed by atoms with E-state index in [-0.39, 0.29) is 5.91 Å². The minimum Gasteiger partial charge on any atom is -0.493 e. The van der Waals surface area contributed by atoms with Crippen LogP contribution >= 0.6 is 22.7 Å². The van der Waals surface area contributed by atoms with E-state index in [9.17, 15) is 4.79 Å². The van der Waals surface area contributed by atoms with Crippen molar-refractivity contribution in [3.63, 3.8) is 0 Å². The van der Waals surface area contributed by atoms with E-state index in [2.05, 4.69) is 20.6 Å². The second-order valence-electron chi connectivity index (χ2n) is 5.67. The normalized spacial score (nSPS) is 10.6. The van der Waals surface area contributed by atoms with E-state index in [1.165, 1.54) is 22.7 Å². The van der Waals surface area contributed by atoms with Crippen molar-refractivity contribution in [1.82, 2.24) is 9.97 Å². The lowest BCUT2D eigenvalue weighted by molar-refractivity contribution is 0.102. The van der Waals surface area contributed by atoms with Crippen molar-refractivity contribution in [2.24, 2.45) is 0 Å². The van der Waals surface area contributed by atoms with Crippen molar-refractivity contribution < 1.29 is 14.3 Å². The molecule has 2 aromatic heterocycles. The third-order valence-electron chi connectivity index (χ3n) is 3.89. The number of amides is 1. The summed E-state index contributed by atoms with van der Waals surface area (Å²) in [6, 6.07) is 13.2. The van der Waals surface area contributed by atoms with Gasteiger partial charge in [-0.2, -0.15) is 0 Å². The summed E-state index contributed by atoms with van der Waals surface area (Å²) in [7, 11) is 3.16. The number of para-hydroxylation sites is 1. The highest BCUT2D eigenvalue weighted by Gasteiger charge is 2.14. The summed E-state index contributed by atoms with van der Waals surface area (Å²) in [4.78, 5) is 21.2. The van der Waals surface area contributed by atoms with Crippen LogP contribution in [-0.4, -0.2) is 30.1 Å². The molecule has 0 saturated heterocycles. The summed E-state index contributed by atoms with van der Waals surface area (Å²) in [5.74, 6) is 0.955. The maximum absolute atomic E-state index is 12.5. The number of benzene rings is 2. The van der Waals surface area contributed by atoms with Gasteiger partial charge in [0, 0.05) is 17.1 Å². The maximum Gasteiger partial charge on any atom is 0.276 e. The number of fused-ring (bicyclic) bond motifs is 1. The molecule has 0 saturated carbocycles. The van der Waals surface area contributed by atoms with Crippen molar-refractivity contribution in [3.8, 4) is 11.5 Å². The summed E-state index contributed by atoms with van der Waals surface area (Å²) in [5, 5.41) is 8.82. The Morgan fingerprint density at radius 1 is 1.00 bits per heavy atom. The average molecular weight is 412 g/mol. The molecule has 0 fully saturated rings. The predicted octanol–water partition coefficient (Wildman–Crippen LogP) is 4.77. The third kappa shape index (κ3) is 3.75. The number of rotatable bonds is 6. The van der Waals surface area contributed by atoms with Crippen LogP contribution in [-0.2, 0) is 0 Å². The first-order valence-electron chi connectivity index (χ1n) is 8.28. The summed E-state index contributed by atoms with van der Waals surface area (Å²) in [6.45, 7) is 0. The van der Waals surface area contributed by atoms with Crippen molar-refractivity contribution in [2.45, 2.75) is 0 Å². The largest absolute Gasteiger partial charge is 0.493 e. The zero-order chi connectivity index (χ0) is 19.5. The fourth-order valence-corrected chi connectivity index (χ4v) is 4.13. The van der Waals surface area contributed by atoms with Gasteiger partial charge in [0.05, 0.1) is 24.4 Å². The number of methoxy groups -OCH3 is 2. The van der Waals surface area contributed by atoms with Gasteiger partial charge in [0.1, 0.15) is 5.69 Å². The van der Waals surface area contributed by atoms with Crippen molar-refractivity contribution in [1.29, 1.82) is 0 Å². The van der Waals surface area contributed by atoms with E-state index in [0.29, 0.717) is 27.5 Å². The van der Waals surface area contributed by atoms with Gasteiger partial charge >= 0.3 is 0 Å². The van der Waals surface area contributed by atoms with Gasteiger partial charge in [-0.3, -0.25) is 10.1 Å². The van der Waals surface area contributed by atoms with E-state index in [1.807, 2.05) is 30.3 Å². The molecule has 0 radical (unpaired) electrons. The van der Waals surface area contributed by atoms with E-state index < -0.39 is 0 Å². The SMILES string of the molecule is COc1ccc(Nc2nc(C(=O)Nc3nc4ccccc4s3)cs2)cc1OC. The number of anilines is 3. The summed E-state index contributed by atoms with van der Waals surface area (Å²) < 4.78 is 11.5. The smallest absolute Gasteiger partial charge is 0.276 e. The highest BCUT2D eigenvalue weighted by atomic mass is 32.1. The van der Waals surface area contributed by atoms with Crippen LogP contribution in [0, 0.1) is 0 Å². The fraction of sp³-hybridized carbons (Fsp3) is 0.105. The van der Waals surface area contributed by atoms with Crippen LogP contribution in [0.5, 0.6) is 11.5 Å². The maximum atomic E-state index is 12.5. The molecule has 9 heteroatoms. The molecule has 28 heavy (non-hydrogen) atoms. The number of thiazole rings is 2. The molecule has 1 amide bonds. The average Bonchev–Trinajstić information content (AvgIpc) is 3.34. The first-order valence-corrected chi connectivity index (χ1v) is 9.97. The molecule has 0 unspecified atom stereocenters. The zero-order valence-corrected chi connectivity index (χ0v) is 16.7. The van der Waals surface area contributed by atoms with E-state index in [0.717, 1.165) is 15.9 Å². The predicted molar refractivity (Wildman–Crippen MR) is 113 cm³/mol. The summed E-state index contributed by atoms with van der Waals surface area (Å²) >= 11 is 2.77. The molecule has 7 nitrogen and oxygen atoms in total. The highest BCUT2D eigenvalue weighted by Crippen LogP contribution is 2.32. The minimum atomic E-state index is -0.296. The topological polar surface area (TPSA) is 85.4 Å². The highest BCUT2D eigenvalue weighted by molar-refractivity contribution is 7.22. The molecule has 2 N–H and O–H groups in total. The molecule has 0 spiro atoms. The Hall–Kier alpha value is -3.17. The lowest BCUT2D eigenvalue weighted by Gasteiger charge is -2.09. The van der Waals surface area contributed by atoms with Gasteiger partial charge in [-0.05, 0) is 24.3 Å². The van der Waals surface area contributed by atoms with Crippen LogP contribution < -0.4 is 20.1 Å². The number of carbonyl (C=O) groups is 1. The molecule has 142 valence electrons. The lowest BCUT2D eigenvalue weighted by Crippen LogP contribution is -2.12. The molecule has 0 bridgehead atoms. The number of nitrogens with zero attached hydrogens (tertiary/aromatic N) is 2. The number of hydrogen-bond donors (Lipinski definition) is 2. The van der Waals surface area contributed by atoms with Gasteiger partial charge < -0.3 is 14.8 Å². The molecule has 2 heterocycles. The molecule has 0 aliphatic carbocycles. The van der Waals surface area contributed by atoms with Gasteiger partial charge in [0.2, 0.25) is 0 Å². The Labute approximate surface area is 169 Å². The summed E-state index contributed by atoms with van der Waals surface area (Å²) in [6.07, 6.45) is 0. The number of aromatic nitrogens is 2. The Morgan fingerprint density at radius 3 is 2.61 bits per heavy atom. The van der Waals surface area contributed by atoms with E-state index in [4.69, 9.17) is 9.47 Å². The van der Waals surface area contributed by atoms with Crippen LogP contribution in [0.25, 0.3) is 10.2 Å². The van der Waals surface area contributed by atoms with E-state index in [1.54, 1.807) is 31.7 Å². The molecular weight excluding hydrogens is 396 g/mol. The second-order valence-corrected chi connectivity index (χ2v) is 7.56. The fourth-order valence-electron chi connectivity index (χ4n) is 2.56. The quantitative estimate of drug-likeness (QED) is 0.475. The van der Waals surface area contributed by atoms with Gasteiger partial charge in [0.15, 0.2) is 21.8 Å². The zero-order valence-electron chi connectivity index (χ0n) is 15.1. The Morgan fingerprint density at radius 2 is 1.82 bits per heavy atom. The molecule has 0 atom stereocenters. The molecule has 4 aromatic rings. The Bertz CT molecular complexity index is 1110. The van der Waals surface area contributed by atoms with Crippen LogP contribution in [0.1, 0.15) is 10.5 Å². The monoisotopic (exact) mass is 412 g/mol. The van der Waals surface area contributed by atoms with Crippen molar-refractivity contribution >= 4 is 54.7 Å². The third-order valence-corrected chi connectivity index (χ3v) is 5.60. The van der Waals surface area contributed by atoms with Gasteiger partial charge in [0.25, 0.3) is 5.91 Å². The lowest BCUT2D eigenvalue weighted by atomic mass is 10.3. The van der Waals surface area contributed by atoms with Crippen LogP contribution in [0.4, 0.5) is 16.0 Å². The van der Waals surface area contributed by atoms with Gasteiger partial charge in [-0.15, -0.1) is 11.3 Å². The van der Waals surface area contributed by atoms with Gasteiger partial charge in [-0.1, -0.05) is 23.5 Å². The van der Waals surface area contributed by atoms with Crippen LogP contribution in [0.3, 0.4) is 0 Å². The molecule has 0 aliphatic heterocycles. The number of nitrogens with one attached hydrogen (secondary N) is 2. The standard InChI is InChI=1S/C19H16N4O3S2/c1-25-14-8-7-11(9-15(14)26-2)20-18-22-13(10-27-18)17(24)23-19-21-12-5-3-4-6-16(12)28-19/h3-10H,1-2H3,(H,20,22)(H,21,23,24). The molecular formula is C19H16N4O3S2. The molecule has 2 aromatic carbocycles. The number of hydrogen-bond acceptors (Lipinski definition) is 8. The number of carbonyl (C=O) groups excluding carboxylic acids is 1. The Kier molecular flexibility index (Phi) is 5.09. The van der Waals surface area contributed by atoms with E-state index >= 15 is 0 Å².